The summed E-state index contributed by atoms with van der Waals surface area (Å²) in [5.74, 6) is 1.38. The number of anilines is 1. The van der Waals surface area contributed by atoms with E-state index in [-0.39, 0.29) is 5.91 Å². The van der Waals surface area contributed by atoms with Gasteiger partial charge in [0.25, 0.3) is 0 Å². The van der Waals surface area contributed by atoms with Crippen LogP contribution in [0.1, 0.15) is 11.1 Å². The summed E-state index contributed by atoms with van der Waals surface area (Å²) in [6, 6.07) is 18.7. The Bertz CT molecular complexity index is 933. The van der Waals surface area contributed by atoms with Gasteiger partial charge in [0.1, 0.15) is 0 Å². The number of benzene rings is 2. The maximum Gasteiger partial charge on any atom is 0.248 e. The molecule has 136 valence electrons. The van der Waals surface area contributed by atoms with Crippen molar-refractivity contribution in [2.45, 2.75) is 6.92 Å². The molecule has 1 aromatic heterocycles. The Morgan fingerprint density at radius 2 is 1.74 bits per heavy atom. The summed E-state index contributed by atoms with van der Waals surface area (Å²) < 4.78 is 11.0. The Labute approximate surface area is 158 Å². The van der Waals surface area contributed by atoms with Crippen LogP contribution in [0.4, 0.5) is 5.69 Å². The van der Waals surface area contributed by atoms with Crippen molar-refractivity contribution in [3.8, 4) is 17.4 Å². The van der Waals surface area contributed by atoms with Crippen molar-refractivity contribution in [3.05, 3.63) is 84.1 Å². The number of nitrogens with zero attached hydrogens (tertiary/aromatic N) is 1. The number of carbonyl (C=O) groups excluding carboxylic acids is 1. The number of hydrogen-bond donors (Lipinski definition) is 1. The van der Waals surface area contributed by atoms with Gasteiger partial charge in [0, 0.05) is 12.1 Å². The number of rotatable bonds is 6. The van der Waals surface area contributed by atoms with Gasteiger partial charge in [0.15, 0.2) is 11.5 Å². The van der Waals surface area contributed by atoms with E-state index < -0.39 is 0 Å². The highest BCUT2D eigenvalue weighted by Gasteiger charge is 2.06. The number of pyridine rings is 1. The lowest BCUT2D eigenvalue weighted by Crippen LogP contribution is -2.07. The Hall–Kier alpha value is -3.60. The molecule has 0 radical (unpaired) electrons. The molecule has 0 fully saturated rings. The molecule has 0 saturated heterocycles. The summed E-state index contributed by atoms with van der Waals surface area (Å²) in [6.07, 6.45) is 4.80. The van der Waals surface area contributed by atoms with Crippen molar-refractivity contribution in [3.63, 3.8) is 0 Å². The van der Waals surface area contributed by atoms with Crippen molar-refractivity contribution in [2.24, 2.45) is 0 Å². The zero-order valence-corrected chi connectivity index (χ0v) is 15.2. The van der Waals surface area contributed by atoms with E-state index in [0.29, 0.717) is 23.1 Å². The minimum atomic E-state index is -0.226. The van der Waals surface area contributed by atoms with Crippen molar-refractivity contribution in [1.29, 1.82) is 0 Å². The average Bonchev–Trinajstić information content (AvgIpc) is 2.69. The number of nitrogens with one attached hydrogen (secondary N) is 1. The molecular formula is C22H20N2O3. The second kappa shape index (κ2) is 8.67. The fourth-order valence-electron chi connectivity index (χ4n) is 2.36. The van der Waals surface area contributed by atoms with E-state index in [1.807, 2.05) is 49.4 Å². The molecule has 0 saturated carbocycles. The van der Waals surface area contributed by atoms with E-state index in [4.69, 9.17) is 9.47 Å². The minimum Gasteiger partial charge on any atom is -0.493 e. The highest BCUT2D eigenvalue weighted by molar-refractivity contribution is 6.01. The molecule has 0 spiro atoms. The molecule has 0 atom stereocenters. The second-order valence-corrected chi connectivity index (χ2v) is 5.87. The smallest absolute Gasteiger partial charge is 0.248 e. The van der Waals surface area contributed by atoms with Crippen LogP contribution in [0.15, 0.2) is 72.9 Å². The Balaban J connectivity index is 1.60. The Morgan fingerprint density at radius 3 is 2.41 bits per heavy atom. The lowest BCUT2D eigenvalue weighted by molar-refractivity contribution is -0.111. The molecule has 0 bridgehead atoms. The van der Waals surface area contributed by atoms with Crippen molar-refractivity contribution >= 4 is 17.7 Å². The Kier molecular flexibility index (Phi) is 5.84. The van der Waals surface area contributed by atoms with Crippen LogP contribution in [-0.4, -0.2) is 18.0 Å². The second-order valence-electron chi connectivity index (χ2n) is 5.87. The number of hydrogen-bond acceptors (Lipinski definition) is 4. The highest BCUT2D eigenvalue weighted by Crippen LogP contribution is 2.30. The summed E-state index contributed by atoms with van der Waals surface area (Å²) in [5.41, 5.74) is 2.73. The lowest BCUT2D eigenvalue weighted by atomic mass is 10.1. The van der Waals surface area contributed by atoms with E-state index in [1.54, 1.807) is 37.6 Å². The van der Waals surface area contributed by atoms with Gasteiger partial charge in [-0.15, -0.1) is 0 Å². The normalized spacial score (nSPS) is 10.6. The van der Waals surface area contributed by atoms with Crippen LogP contribution in [0.5, 0.6) is 17.4 Å². The average molecular weight is 360 g/mol. The largest absolute Gasteiger partial charge is 0.493 e. The van der Waals surface area contributed by atoms with Crippen LogP contribution in [0.2, 0.25) is 0 Å². The van der Waals surface area contributed by atoms with Gasteiger partial charge in [-0.2, -0.15) is 0 Å². The third-order valence-electron chi connectivity index (χ3n) is 3.79. The van der Waals surface area contributed by atoms with Gasteiger partial charge >= 0.3 is 0 Å². The SMILES string of the molecule is COc1ccccc1Oc1ccc(NC(=O)/C=C/c2ccc(C)cc2)cn1. The molecule has 1 N–H and O–H groups in total. The molecule has 0 aliphatic carbocycles. The van der Waals surface area contributed by atoms with Gasteiger partial charge in [-0.3, -0.25) is 4.79 Å². The minimum absolute atomic E-state index is 0.226. The summed E-state index contributed by atoms with van der Waals surface area (Å²) in [4.78, 5) is 16.3. The summed E-state index contributed by atoms with van der Waals surface area (Å²) >= 11 is 0. The van der Waals surface area contributed by atoms with E-state index in [2.05, 4.69) is 10.3 Å². The summed E-state index contributed by atoms with van der Waals surface area (Å²) in [5, 5.41) is 2.77. The van der Waals surface area contributed by atoms with Crippen LogP contribution in [0, 0.1) is 6.92 Å². The van der Waals surface area contributed by atoms with Gasteiger partial charge < -0.3 is 14.8 Å². The molecule has 3 rings (SSSR count). The zero-order valence-electron chi connectivity index (χ0n) is 15.2. The number of amides is 1. The predicted octanol–water partition coefficient (Wildman–Crippen LogP) is 4.84. The first-order valence-corrected chi connectivity index (χ1v) is 8.47. The zero-order chi connectivity index (χ0) is 19.1. The molecule has 27 heavy (non-hydrogen) atoms. The quantitative estimate of drug-likeness (QED) is 0.639. The molecule has 5 heteroatoms. The van der Waals surface area contributed by atoms with Crippen LogP contribution in [0.25, 0.3) is 6.08 Å². The van der Waals surface area contributed by atoms with Gasteiger partial charge in [0.05, 0.1) is 19.0 Å². The molecule has 0 unspecified atom stereocenters. The first-order valence-electron chi connectivity index (χ1n) is 8.47. The number of ether oxygens (including phenoxy) is 2. The summed E-state index contributed by atoms with van der Waals surface area (Å²) in [6.45, 7) is 2.02. The van der Waals surface area contributed by atoms with E-state index in [9.17, 15) is 4.79 Å². The number of aryl methyl sites for hydroxylation is 1. The predicted molar refractivity (Wildman–Crippen MR) is 106 cm³/mol. The maximum absolute atomic E-state index is 12.0. The van der Waals surface area contributed by atoms with Gasteiger partial charge in [-0.1, -0.05) is 42.0 Å². The number of para-hydroxylation sites is 2. The summed E-state index contributed by atoms with van der Waals surface area (Å²) in [7, 11) is 1.58. The number of aromatic nitrogens is 1. The van der Waals surface area contributed by atoms with Crippen LogP contribution in [-0.2, 0) is 4.79 Å². The van der Waals surface area contributed by atoms with E-state index >= 15 is 0 Å². The van der Waals surface area contributed by atoms with Crippen LogP contribution in [0.3, 0.4) is 0 Å². The highest BCUT2D eigenvalue weighted by atomic mass is 16.5. The molecule has 0 aliphatic heterocycles. The molecule has 2 aromatic carbocycles. The van der Waals surface area contributed by atoms with Crippen LogP contribution < -0.4 is 14.8 Å². The molecule has 1 amide bonds. The van der Waals surface area contributed by atoms with Crippen molar-refractivity contribution in [2.75, 3.05) is 12.4 Å². The van der Waals surface area contributed by atoms with Gasteiger partial charge in [-0.05, 0) is 36.8 Å². The van der Waals surface area contributed by atoms with Gasteiger partial charge in [0.2, 0.25) is 11.8 Å². The first kappa shape index (κ1) is 18.2. The molecule has 3 aromatic rings. The third kappa shape index (κ3) is 5.19. The fourth-order valence-corrected chi connectivity index (χ4v) is 2.36. The molecule has 1 heterocycles. The lowest BCUT2D eigenvalue weighted by Gasteiger charge is -2.09. The maximum atomic E-state index is 12.0. The van der Waals surface area contributed by atoms with Gasteiger partial charge in [-0.25, -0.2) is 4.98 Å². The third-order valence-corrected chi connectivity index (χ3v) is 3.79. The first-order chi connectivity index (χ1) is 13.1. The molecular weight excluding hydrogens is 340 g/mol. The van der Waals surface area contributed by atoms with E-state index in [0.717, 1.165) is 5.56 Å². The number of carbonyl (C=O) groups is 1. The molecule has 5 nitrogen and oxygen atoms in total. The monoisotopic (exact) mass is 360 g/mol. The van der Waals surface area contributed by atoms with E-state index in [1.165, 1.54) is 11.6 Å². The number of methoxy groups -OCH3 is 1. The van der Waals surface area contributed by atoms with Crippen LogP contribution >= 0.6 is 0 Å². The standard InChI is InChI=1S/C22H20N2O3/c1-16-7-9-17(10-8-16)11-13-21(25)24-18-12-14-22(23-15-18)27-20-6-4-3-5-19(20)26-2/h3-15H,1-2H3,(H,24,25)/b13-11+. The topological polar surface area (TPSA) is 60.5 Å². The fraction of sp³-hybridized carbons (Fsp3) is 0.0909. The molecule has 0 aliphatic rings. The Morgan fingerprint density at radius 1 is 1.00 bits per heavy atom. The van der Waals surface area contributed by atoms with Crippen molar-refractivity contribution in [1.82, 2.24) is 4.98 Å². The van der Waals surface area contributed by atoms with Crippen molar-refractivity contribution < 1.29 is 14.3 Å².